The van der Waals surface area contributed by atoms with Crippen LogP contribution in [0.15, 0.2) is 39.9 Å². The molecule has 2 rings (SSSR count). The average Bonchev–Trinajstić information content (AvgIpc) is 2.46. The zero-order valence-electron chi connectivity index (χ0n) is 10.2. The highest BCUT2D eigenvalue weighted by molar-refractivity contribution is 6.32. The molecule has 98 valence electrons. The lowest BCUT2D eigenvalue weighted by atomic mass is 10.3. The van der Waals surface area contributed by atoms with E-state index in [0.29, 0.717) is 5.71 Å². The predicted molar refractivity (Wildman–Crippen MR) is 70.0 cm³/mol. The molecule has 1 aromatic heterocycles. The quantitative estimate of drug-likeness (QED) is 0.628. The van der Waals surface area contributed by atoms with E-state index in [9.17, 15) is 4.79 Å². The van der Waals surface area contributed by atoms with Gasteiger partial charge in [-0.1, -0.05) is 11.2 Å². The van der Waals surface area contributed by atoms with Crippen LogP contribution in [0.25, 0.3) is 0 Å². The number of carbonyl (C=O) groups excluding carboxylic acids is 1. The van der Waals surface area contributed by atoms with Crippen LogP contribution in [-0.4, -0.2) is 47.8 Å². The summed E-state index contributed by atoms with van der Waals surface area (Å²) < 4.78 is 0. The van der Waals surface area contributed by atoms with Crippen LogP contribution in [0.1, 0.15) is 5.56 Å². The number of rotatable bonds is 4. The van der Waals surface area contributed by atoms with Gasteiger partial charge in [-0.2, -0.15) is 10.2 Å². The minimum atomic E-state index is -0.408. The largest absolute Gasteiger partial charge is 0.399 e. The first-order chi connectivity index (χ1) is 9.29. The number of amides is 2. The van der Waals surface area contributed by atoms with Gasteiger partial charge in [-0.15, -0.1) is 0 Å². The summed E-state index contributed by atoms with van der Waals surface area (Å²) in [7, 11) is 1.43. The highest BCUT2D eigenvalue weighted by atomic mass is 16.6. The molecule has 1 N–H and O–H groups in total. The third-order valence-corrected chi connectivity index (χ3v) is 2.18. The maximum atomic E-state index is 11.5. The molecular formula is C11H12N6O2. The minimum Gasteiger partial charge on any atom is -0.399 e. The van der Waals surface area contributed by atoms with E-state index < -0.39 is 6.03 Å². The normalized spacial score (nSPS) is 15.7. The molecule has 1 aliphatic rings. The molecule has 0 radical (unpaired) electrons. The summed E-state index contributed by atoms with van der Waals surface area (Å²) in [4.78, 5) is 20.0. The molecule has 0 bridgehead atoms. The molecule has 0 saturated heterocycles. The van der Waals surface area contributed by atoms with Crippen LogP contribution in [-0.2, 0) is 4.84 Å². The van der Waals surface area contributed by atoms with E-state index >= 15 is 0 Å². The third kappa shape index (κ3) is 3.60. The predicted octanol–water partition coefficient (Wildman–Crippen LogP) is 0.429. The van der Waals surface area contributed by atoms with E-state index in [-0.39, 0.29) is 6.54 Å². The number of nitrogens with zero attached hydrogens (tertiary/aromatic N) is 5. The molecule has 8 nitrogen and oxygen atoms in total. The number of urea groups is 1. The Morgan fingerprint density at radius 3 is 3.16 bits per heavy atom. The van der Waals surface area contributed by atoms with E-state index in [1.165, 1.54) is 18.3 Å². The molecule has 0 spiro atoms. The van der Waals surface area contributed by atoms with Gasteiger partial charge in [-0.25, -0.2) is 15.2 Å². The smallest absolute Gasteiger partial charge is 0.358 e. The van der Waals surface area contributed by atoms with Gasteiger partial charge in [0.2, 0.25) is 0 Å². The Hall–Kier alpha value is -2.77. The first kappa shape index (κ1) is 12.7. The summed E-state index contributed by atoms with van der Waals surface area (Å²) in [5, 5.41) is 12.7. The summed E-state index contributed by atoms with van der Waals surface area (Å²) in [6.07, 6.45) is 6.26. The molecular weight excluding hydrogens is 248 g/mol. The van der Waals surface area contributed by atoms with Crippen LogP contribution in [0.5, 0.6) is 0 Å². The first-order valence-corrected chi connectivity index (χ1v) is 5.44. The zero-order chi connectivity index (χ0) is 13.5. The van der Waals surface area contributed by atoms with Crippen molar-refractivity contribution in [2.45, 2.75) is 0 Å². The van der Waals surface area contributed by atoms with Gasteiger partial charge in [0.05, 0.1) is 19.0 Å². The van der Waals surface area contributed by atoms with Crippen molar-refractivity contribution < 1.29 is 9.63 Å². The monoisotopic (exact) mass is 260 g/mol. The lowest BCUT2D eigenvalue weighted by Crippen LogP contribution is -2.43. The number of aromatic nitrogens is 1. The van der Waals surface area contributed by atoms with Gasteiger partial charge < -0.3 is 4.84 Å². The number of nitrogens with one attached hydrogen (secondary N) is 1. The van der Waals surface area contributed by atoms with E-state index in [0.717, 1.165) is 5.56 Å². The van der Waals surface area contributed by atoms with Crippen molar-refractivity contribution in [2.75, 3.05) is 13.7 Å². The third-order valence-electron chi connectivity index (χ3n) is 2.18. The van der Waals surface area contributed by atoms with Gasteiger partial charge in [0.1, 0.15) is 12.8 Å². The Labute approximate surface area is 109 Å². The zero-order valence-corrected chi connectivity index (χ0v) is 10.2. The lowest BCUT2D eigenvalue weighted by molar-refractivity contribution is 0.204. The number of pyridine rings is 1. The van der Waals surface area contributed by atoms with Crippen molar-refractivity contribution in [1.29, 1.82) is 0 Å². The van der Waals surface area contributed by atoms with Gasteiger partial charge >= 0.3 is 6.03 Å². The molecule has 8 heteroatoms. The van der Waals surface area contributed by atoms with Gasteiger partial charge in [0.15, 0.2) is 0 Å². The number of hydrogen-bond acceptors (Lipinski definition) is 6. The molecule has 0 unspecified atom stereocenters. The van der Waals surface area contributed by atoms with Crippen molar-refractivity contribution in [2.24, 2.45) is 15.4 Å². The Bertz CT molecular complexity index is 525. The Morgan fingerprint density at radius 2 is 2.42 bits per heavy atom. The fraction of sp³-hybridized carbons (Fsp3) is 0.182. The van der Waals surface area contributed by atoms with Crippen LogP contribution >= 0.6 is 0 Å². The molecule has 0 aliphatic carbocycles. The highest BCUT2D eigenvalue weighted by Gasteiger charge is 2.18. The molecule has 19 heavy (non-hydrogen) atoms. The van der Waals surface area contributed by atoms with Gasteiger partial charge in [-0.05, 0) is 6.07 Å². The van der Waals surface area contributed by atoms with E-state index in [1.807, 2.05) is 6.07 Å². The Morgan fingerprint density at radius 1 is 1.53 bits per heavy atom. The summed E-state index contributed by atoms with van der Waals surface area (Å²) in [5.74, 6) is 0. The summed E-state index contributed by atoms with van der Waals surface area (Å²) in [5.41, 5.74) is 3.65. The number of oxime groups is 1. The molecule has 0 saturated carbocycles. The van der Waals surface area contributed by atoms with Crippen molar-refractivity contribution in [3.05, 3.63) is 30.1 Å². The standard InChI is InChI=1S/C11H12N6O2/c1-19-14-7-10-8-17(11(18)16-15-10)13-6-9-3-2-4-12-5-9/h2-7H,8H2,1H3,(H,16,18)/b13-6+,14-7+. The molecule has 0 aromatic carbocycles. The van der Waals surface area contributed by atoms with Crippen molar-refractivity contribution in [3.8, 4) is 0 Å². The van der Waals surface area contributed by atoms with E-state index in [4.69, 9.17) is 0 Å². The SMILES string of the molecule is CO/N=C/C1=NNC(=O)N(/N=C/c2cccnc2)C1. The summed E-state index contributed by atoms with van der Waals surface area (Å²) >= 11 is 0. The molecule has 1 aliphatic heterocycles. The van der Waals surface area contributed by atoms with Crippen LogP contribution in [0, 0.1) is 0 Å². The fourth-order valence-corrected chi connectivity index (χ4v) is 1.30. The molecule has 0 atom stereocenters. The Balaban J connectivity index is 2.04. The number of hydrazone groups is 2. The van der Waals surface area contributed by atoms with Crippen LogP contribution in [0.3, 0.4) is 0 Å². The van der Waals surface area contributed by atoms with Crippen molar-refractivity contribution >= 4 is 24.2 Å². The van der Waals surface area contributed by atoms with Gasteiger partial charge in [0, 0.05) is 18.0 Å². The van der Waals surface area contributed by atoms with E-state index in [1.54, 1.807) is 24.7 Å². The fourth-order valence-electron chi connectivity index (χ4n) is 1.30. The van der Waals surface area contributed by atoms with Crippen LogP contribution in [0.4, 0.5) is 4.79 Å². The number of carbonyl (C=O) groups is 1. The molecule has 1 aromatic rings. The Kier molecular flexibility index (Phi) is 4.17. The molecule has 0 fully saturated rings. The minimum absolute atomic E-state index is 0.218. The average molecular weight is 260 g/mol. The maximum absolute atomic E-state index is 11.5. The van der Waals surface area contributed by atoms with Crippen molar-refractivity contribution in [3.63, 3.8) is 0 Å². The van der Waals surface area contributed by atoms with Gasteiger partial charge in [0.25, 0.3) is 0 Å². The second-order valence-electron chi connectivity index (χ2n) is 3.53. The summed E-state index contributed by atoms with van der Waals surface area (Å²) in [6.45, 7) is 0.218. The topological polar surface area (TPSA) is 91.5 Å². The molecule has 2 heterocycles. The summed E-state index contributed by atoms with van der Waals surface area (Å²) in [6, 6.07) is 3.21. The first-order valence-electron chi connectivity index (χ1n) is 5.44. The second-order valence-corrected chi connectivity index (χ2v) is 3.53. The lowest BCUT2D eigenvalue weighted by Gasteiger charge is -2.20. The van der Waals surface area contributed by atoms with Crippen LogP contribution in [0.2, 0.25) is 0 Å². The van der Waals surface area contributed by atoms with Crippen molar-refractivity contribution in [1.82, 2.24) is 15.4 Å². The highest BCUT2D eigenvalue weighted by Crippen LogP contribution is 1.99. The molecule has 2 amide bonds. The number of hydrogen-bond donors (Lipinski definition) is 1. The van der Waals surface area contributed by atoms with Crippen LogP contribution < -0.4 is 5.43 Å². The van der Waals surface area contributed by atoms with E-state index in [2.05, 4.69) is 30.6 Å². The second kappa shape index (κ2) is 6.24. The maximum Gasteiger partial charge on any atom is 0.358 e. The van der Waals surface area contributed by atoms with Gasteiger partial charge in [-0.3, -0.25) is 4.98 Å².